The molecule has 0 N–H and O–H groups in total. The molecule has 172 valence electrons. The van der Waals surface area contributed by atoms with E-state index in [2.05, 4.69) is 0 Å². The third-order valence-corrected chi connectivity index (χ3v) is 7.15. The van der Waals surface area contributed by atoms with Gasteiger partial charge >= 0.3 is 5.97 Å². The van der Waals surface area contributed by atoms with E-state index in [9.17, 15) is 18.0 Å². The first-order valence-corrected chi connectivity index (χ1v) is 12.6. The zero-order valence-electron chi connectivity index (χ0n) is 18.2. The van der Waals surface area contributed by atoms with Gasteiger partial charge in [-0.05, 0) is 24.5 Å². The van der Waals surface area contributed by atoms with Gasteiger partial charge in [0.15, 0.2) is 23.1 Å². The Morgan fingerprint density at radius 1 is 1.03 bits per heavy atom. The Kier molecular flexibility index (Phi) is 8.27. The summed E-state index contributed by atoms with van der Waals surface area (Å²) in [6, 6.07) is 16.7. The highest BCUT2D eigenvalue weighted by atomic mass is 32.2. The molecule has 1 saturated heterocycles. The van der Waals surface area contributed by atoms with Crippen LogP contribution in [-0.2, 0) is 24.2 Å². The molecule has 0 saturated carbocycles. The number of carbonyl (C=O) groups excluding carboxylic acids is 2. The van der Waals surface area contributed by atoms with Gasteiger partial charge in [-0.25, -0.2) is 13.2 Å². The van der Waals surface area contributed by atoms with Crippen LogP contribution in [0.3, 0.4) is 0 Å². The third kappa shape index (κ3) is 6.56. The van der Waals surface area contributed by atoms with Gasteiger partial charge in [0.2, 0.25) is 0 Å². The standard InChI is InChI=1S/C24H29NO6S/c1-2-3-14-25(20-13-15-32(28,29)18-20)23(26)16-31-24(27)17-30-22-12-8-7-11-21(22)19-9-5-4-6-10-19/h4-12,20H,2-3,13-18H2,1H3. The van der Waals surface area contributed by atoms with E-state index < -0.39 is 22.4 Å². The molecule has 1 amide bonds. The maximum absolute atomic E-state index is 12.7. The van der Waals surface area contributed by atoms with E-state index in [4.69, 9.17) is 9.47 Å². The molecule has 0 spiro atoms. The monoisotopic (exact) mass is 459 g/mol. The number of amides is 1. The van der Waals surface area contributed by atoms with Crippen LogP contribution >= 0.6 is 0 Å². The van der Waals surface area contributed by atoms with Crippen LogP contribution in [0.1, 0.15) is 26.2 Å². The summed E-state index contributed by atoms with van der Waals surface area (Å²) < 4.78 is 34.4. The maximum Gasteiger partial charge on any atom is 0.344 e. The molecular weight excluding hydrogens is 430 g/mol. The number of ether oxygens (including phenoxy) is 2. The highest BCUT2D eigenvalue weighted by Crippen LogP contribution is 2.29. The van der Waals surface area contributed by atoms with Crippen LogP contribution < -0.4 is 4.74 Å². The van der Waals surface area contributed by atoms with Crippen molar-refractivity contribution < 1.29 is 27.5 Å². The van der Waals surface area contributed by atoms with Crippen molar-refractivity contribution in [3.05, 3.63) is 54.6 Å². The third-order valence-electron chi connectivity index (χ3n) is 5.40. The van der Waals surface area contributed by atoms with E-state index in [0.29, 0.717) is 18.7 Å². The van der Waals surface area contributed by atoms with Gasteiger partial charge in [-0.1, -0.05) is 61.9 Å². The van der Waals surface area contributed by atoms with E-state index in [1.54, 1.807) is 11.0 Å². The van der Waals surface area contributed by atoms with E-state index in [1.807, 2.05) is 55.5 Å². The average Bonchev–Trinajstić information content (AvgIpc) is 3.16. The molecule has 1 atom stereocenters. The van der Waals surface area contributed by atoms with Gasteiger partial charge in [0.05, 0.1) is 11.5 Å². The van der Waals surface area contributed by atoms with Crippen molar-refractivity contribution in [1.29, 1.82) is 0 Å². The Morgan fingerprint density at radius 3 is 2.44 bits per heavy atom. The Hall–Kier alpha value is -2.87. The van der Waals surface area contributed by atoms with Gasteiger partial charge in [-0.3, -0.25) is 4.79 Å². The lowest BCUT2D eigenvalue weighted by atomic mass is 10.1. The highest BCUT2D eigenvalue weighted by molar-refractivity contribution is 7.91. The first kappa shape index (κ1) is 23.8. The molecule has 1 unspecified atom stereocenters. The molecule has 0 bridgehead atoms. The normalized spacial score (nSPS) is 17.0. The van der Waals surface area contributed by atoms with Crippen LogP contribution in [0.25, 0.3) is 11.1 Å². The molecule has 3 rings (SSSR count). The Balaban J connectivity index is 1.54. The molecule has 32 heavy (non-hydrogen) atoms. The molecular formula is C24H29NO6S. The van der Waals surface area contributed by atoms with Crippen LogP contribution in [-0.4, -0.2) is 62.5 Å². The number of hydrogen-bond donors (Lipinski definition) is 0. The summed E-state index contributed by atoms with van der Waals surface area (Å²) in [6.07, 6.45) is 2.05. The molecule has 7 nitrogen and oxygen atoms in total. The topological polar surface area (TPSA) is 90.0 Å². The molecule has 1 aliphatic heterocycles. The quantitative estimate of drug-likeness (QED) is 0.507. The predicted octanol–water partition coefficient (Wildman–Crippen LogP) is 3.09. The van der Waals surface area contributed by atoms with E-state index in [-0.39, 0.29) is 30.1 Å². The number of benzene rings is 2. The van der Waals surface area contributed by atoms with Crippen molar-refractivity contribution in [1.82, 2.24) is 4.90 Å². The fourth-order valence-corrected chi connectivity index (χ4v) is 5.44. The van der Waals surface area contributed by atoms with Crippen molar-refractivity contribution in [2.24, 2.45) is 0 Å². The Morgan fingerprint density at radius 2 is 1.75 bits per heavy atom. The summed E-state index contributed by atoms with van der Waals surface area (Å²) >= 11 is 0. The summed E-state index contributed by atoms with van der Waals surface area (Å²) in [5, 5.41) is 0. The van der Waals surface area contributed by atoms with E-state index >= 15 is 0 Å². The molecule has 0 aliphatic carbocycles. The van der Waals surface area contributed by atoms with Gasteiger partial charge < -0.3 is 14.4 Å². The Labute approximate surface area is 189 Å². The predicted molar refractivity (Wildman–Crippen MR) is 122 cm³/mol. The summed E-state index contributed by atoms with van der Waals surface area (Å²) in [4.78, 5) is 26.4. The minimum absolute atomic E-state index is 0.0320. The number of nitrogens with zero attached hydrogens (tertiary/aromatic N) is 1. The molecule has 1 aliphatic rings. The van der Waals surface area contributed by atoms with Crippen molar-refractivity contribution in [3.8, 4) is 16.9 Å². The molecule has 0 aromatic heterocycles. The number of para-hydroxylation sites is 1. The van der Waals surface area contributed by atoms with Gasteiger partial charge in [0.25, 0.3) is 5.91 Å². The SMILES string of the molecule is CCCCN(C(=O)COC(=O)COc1ccccc1-c1ccccc1)C1CCS(=O)(=O)C1. The summed E-state index contributed by atoms with van der Waals surface area (Å²) in [5.74, 6) is -0.436. The smallest absolute Gasteiger partial charge is 0.344 e. The summed E-state index contributed by atoms with van der Waals surface area (Å²) in [7, 11) is -3.12. The number of esters is 1. The maximum atomic E-state index is 12.7. The molecule has 0 radical (unpaired) electrons. The number of unbranched alkanes of at least 4 members (excludes halogenated alkanes) is 1. The first-order valence-electron chi connectivity index (χ1n) is 10.8. The van der Waals surface area contributed by atoms with Crippen molar-refractivity contribution >= 4 is 21.7 Å². The van der Waals surface area contributed by atoms with Gasteiger partial charge in [-0.15, -0.1) is 0 Å². The van der Waals surface area contributed by atoms with Crippen LogP contribution in [0.4, 0.5) is 0 Å². The minimum atomic E-state index is -3.12. The lowest BCUT2D eigenvalue weighted by Crippen LogP contribution is -2.44. The number of rotatable bonds is 10. The number of sulfone groups is 1. The van der Waals surface area contributed by atoms with E-state index in [0.717, 1.165) is 24.0 Å². The van der Waals surface area contributed by atoms with Crippen LogP contribution in [0.5, 0.6) is 5.75 Å². The highest BCUT2D eigenvalue weighted by Gasteiger charge is 2.34. The van der Waals surface area contributed by atoms with Gasteiger partial charge in [-0.2, -0.15) is 0 Å². The molecule has 2 aromatic rings. The lowest BCUT2D eigenvalue weighted by Gasteiger charge is -2.28. The fourth-order valence-electron chi connectivity index (χ4n) is 3.71. The average molecular weight is 460 g/mol. The second-order valence-electron chi connectivity index (χ2n) is 7.81. The molecule has 1 fully saturated rings. The largest absolute Gasteiger partial charge is 0.481 e. The van der Waals surface area contributed by atoms with Crippen LogP contribution in [0, 0.1) is 0 Å². The van der Waals surface area contributed by atoms with Crippen molar-refractivity contribution in [3.63, 3.8) is 0 Å². The minimum Gasteiger partial charge on any atom is -0.481 e. The van der Waals surface area contributed by atoms with Crippen LogP contribution in [0.15, 0.2) is 54.6 Å². The molecule has 8 heteroatoms. The first-order chi connectivity index (χ1) is 15.4. The van der Waals surface area contributed by atoms with Crippen molar-refractivity contribution in [2.75, 3.05) is 31.3 Å². The Bertz CT molecular complexity index is 1020. The molecule has 2 aromatic carbocycles. The van der Waals surface area contributed by atoms with Crippen LogP contribution in [0.2, 0.25) is 0 Å². The van der Waals surface area contributed by atoms with E-state index in [1.165, 1.54) is 0 Å². The second kappa shape index (κ2) is 11.1. The molecule has 1 heterocycles. The summed E-state index contributed by atoms with van der Waals surface area (Å²) in [6.45, 7) is 1.69. The zero-order chi connectivity index (χ0) is 23.0. The zero-order valence-corrected chi connectivity index (χ0v) is 19.1. The number of carbonyl (C=O) groups is 2. The summed E-state index contributed by atoms with van der Waals surface area (Å²) in [5.41, 5.74) is 1.81. The van der Waals surface area contributed by atoms with Gasteiger partial charge in [0, 0.05) is 18.2 Å². The van der Waals surface area contributed by atoms with Gasteiger partial charge in [0.1, 0.15) is 5.75 Å². The number of hydrogen-bond acceptors (Lipinski definition) is 6. The van der Waals surface area contributed by atoms with Crippen molar-refractivity contribution in [2.45, 2.75) is 32.2 Å². The second-order valence-corrected chi connectivity index (χ2v) is 10.0. The fraction of sp³-hybridized carbons (Fsp3) is 0.417. The lowest BCUT2D eigenvalue weighted by molar-refractivity contribution is -0.154.